The maximum atomic E-state index is 10.8. The van der Waals surface area contributed by atoms with E-state index >= 15 is 0 Å². The smallest absolute Gasteiger partial charge is 0.296 e. The van der Waals surface area contributed by atoms with Gasteiger partial charge >= 0.3 is 5.97 Å². The van der Waals surface area contributed by atoms with Crippen molar-refractivity contribution in [3.8, 4) is 0 Å². The van der Waals surface area contributed by atoms with Crippen molar-refractivity contribution >= 4 is 5.97 Å². The number of allylic oxidation sites excluding steroid dienone is 1. The highest BCUT2D eigenvalue weighted by atomic mass is 17.1. The molecule has 72 valence electrons. The molecule has 0 aromatic rings. The van der Waals surface area contributed by atoms with E-state index < -0.39 is 10.9 Å². The van der Waals surface area contributed by atoms with Crippen molar-refractivity contribution < 1.29 is 19.9 Å². The van der Waals surface area contributed by atoms with Crippen molar-refractivity contribution in [3.63, 3.8) is 0 Å². The molecule has 0 amide bonds. The van der Waals surface area contributed by atoms with Crippen LogP contribution in [0.2, 0.25) is 0 Å². The van der Waals surface area contributed by atoms with Gasteiger partial charge in [-0.05, 0) is 19.3 Å². The fraction of sp³-hybridized carbons (Fsp3) is 0.571. The van der Waals surface area contributed by atoms with E-state index in [4.69, 9.17) is 5.26 Å². The number of hydrogen-bond donors (Lipinski definition) is 1. The maximum absolute atomic E-state index is 10.8. The van der Waals surface area contributed by atoms with Crippen LogP contribution in [0.3, 0.4) is 0 Å². The average molecular weight is 187 g/mol. The molecule has 0 aromatic carbocycles. The normalized spacial score (nSPS) is 17.0. The third kappa shape index (κ3) is 2.03. The van der Waals surface area contributed by atoms with Gasteiger partial charge in [0.15, 0.2) is 0 Å². The predicted octanol–water partition coefficient (Wildman–Crippen LogP) is 1.11. The molecule has 0 atom stereocenters. The Morgan fingerprint density at radius 2 is 2.08 bits per heavy atom. The van der Waals surface area contributed by atoms with Crippen LogP contribution in [0.5, 0.6) is 0 Å². The molecular weight excluding hydrogens is 178 g/mol. The quantitative estimate of drug-likeness (QED) is 0.397. The second-order valence-electron chi connectivity index (χ2n) is 2.77. The summed E-state index contributed by atoms with van der Waals surface area (Å²) in [5.74, 6) is -1.01. The molecule has 0 aromatic heterocycles. The zero-order valence-electron chi connectivity index (χ0n) is 6.86. The van der Waals surface area contributed by atoms with Gasteiger partial charge in [0, 0.05) is 6.42 Å². The molecule has 1 N–H and O–H groups in total. The minimum absolute atomic E-state index is 0.0150. The Balaban J connectivity index is 2.96. The van der Waals surface area contributed by atoms with E-state index in [1.165, 1.54) is 0 Å². The van der Waals surface area contributed by atoms with E-state index in [0.29, 0.717) is 19.3 Å². The van der Waals surface area contributed by atoms with Gasteiger partial charge in [-0.15, -0.1) is 0 Å². The Labute approximate surface area is 73.9 Å². The van der Waals surface area contributed by atoms with Crippen LogP contribution in [0.25, 0.3) is 0 Å². The summed E-state index contributed by atoms with van der Waals surface area (Å²) in [5, 5.41) is 18.5. The van der Waals surface area contributed by atoms with E-state index in [0.717, 1.165) is 0 Å². The third-order valence-electron chi connectivity index (χ3n) is 1.99. The molecular formula is C7H9NO5. The van der Waals surface area contributed by atoms with Crippen LogP contribution in [0, 0.1) is 10.1 Å². The van der Waals surface area contributed by atoms with Gasteiger partial charge in [-0.25, -0.2) is 4.79 Å². The Bertz CT molecular complexity index is 270. The number of carbonyl (C=O) groups is 1. The number of nitro groups is 1. The van der Waals surface area contributed by atoms with Crippen LogP contribution >= 0.6 is 0 Å². The lowest BCUT2D eigenvalue weighted by molar-refractivity contribution is -0.430. The Hall–Kier alpha value is -1.43. The molecule has 1 rings (SSSR count). The molecule has 0 saturated carbocycles. The van der Waals surface area contributed by atoms with Crippen LogP contribution in [-0.2, 0) is 9.68 Å². The highest BCUT2D eigenvalue weighted by molar-refractivity contribution is 5.88. The lowest BCUT2D eigenvalue weighted by atomic mass is 9.97. The number of carbonyl (C=O) groups excluding carboxylic acids is 1. The van der Waals surface area contributed by atoms with Gasteiger partial charge in [0.25, 0.3) is 5.70 Å². The van der Waals surface area contributed by atoms with E-state index in [9.17, 15) is 14.9 Å². The largest absolute Gasteiger partial charge is 0.375 e. The minimum atomic E-state index is -1.01. The molecule has 6 heteroatoms. The van der Waals surface area contributed by atoms with Gasteiger partial charge in [0.1, 0.15) is 5.57 Å². The zero-order valence-corrected chi connectivity index (χ0v) is 6.86. The first-order chi connectivity index (χ1) is 6.16. The summed E-state index contributed by atoms with van der Waals surface area (Å²) < 4.78 is 0. The molecule has 0 spiro atoms. The lowest BCUT2D eigenvalue weighted by Gasteiger charge is -2.10. The highest BCUT2D eigenvalue weighted by Crippen LogP contribution is 2.25. The first kappa shape index (κ1) is 9.66. The molecule has 0 bridgehead atoms. The molecule has 0 unspecified atom stereocenters. The van der Waals surface area contributed by atoms with Gasteiger partial charge in [-0.2, -0.15) is 5.26 Å². The van der Waals surface area contributed by atoms with Crippen molar-refractivity contribution in [2.45, 2.75) is 25.7 Å². The summed E-state index contributed by atoms with van der Waals surface area (Å²) in [6, 6.07) is 0. The molecule has 1 aliphatic carbocycles. The van der Waals surface area contributed by atoms with E-state index in [2.05, 4.69) is 4.89 Å². The van der Waals surface area contributed by atoms with Crippen molar-refractivity contribution in [3.05, 3.63) is 21.4 Å². The summed E-state index contributed by atoms with van der Waals surface area (Å²) >= 11 is 0. The second kappa shape index (κ2) is 3.99. The SMILES string of the molecule is O=C(OO)C1=C([N+](=O)[O-])CCCC1. The zero-order chi connectivity index (χ0) is 9.84. The van der Waals surface area contributed by atoms with Gasteiger partial charge in [0.05, 0.1) is 4.92 Å². The second-order valence-corrected chi connectivity index (χ2v) is 2.77. The van der Waals surface area contributed by atoms with Gasteiger partial charge in [-0.1, -0.05) is 0 Å². The van der Waals surface area contributed by atoms with Crippen molar-refractivity contribution in [1.29, 1.82) is 0 Å². The lowest BCUT2D eigenvalue weighted by Crippen LogP contribution is -2.16. The molecule has 13 heavy (non-hydrogen) atoms. The summed E-state index contributed by atoms with van der Waals surface area (Å²) in [6.45, 7) is 0. The first-order valence-electron chi connectivity index (χ1n) is 3.89. The molecule has 0 aliphatic heterocycles. The highest BCUT2D eigenvalue weighted by Gasteiger charge is 2.28. The molecule has 1 aliphatic rings. The average Bonchev–Trinajstić information content (AvgIpc) is 2.16. The van der Waals surface area contributed by atoms with E-state index in [-0.39, 0.29) is 17.7 Å². The van der Waals surface area contributed by atoms with Gasteiger partial charge in [-0.3, -0.25) is 15.0 Å². The Morgan fingerprint density at radius 3 is 2.62 bits per heavy atom. The minimum Gasteiger partial charge on any atom is -0.296 e. The topological polar surface area (TPSA) is 89.7 Å². The third-order valence-corrected chi connectivity index (χ3v) is 1.99. The maximum Gasteiger partial charge on any atom is 0.375 e. The van der Waals surface area contributed by atoms with Gasteiger partial charge < -0.3 is 0 Å². The van der Waals surface area contributed by atoms with Crippen molar-refractivity contribution in [1.82, 2.24) is 0 Å². The van der Waals surface area contributed by atoms with Gasteiger partial charge in [0.2, 0.25) is 0 Å². The van der Waals surface area contributed by atoms with Crippen LogP contribution in [0.15, 0.2) is 11.3 Å². The fourth-order valence-corrected chi connectivity index (χ4v) is 1.37. The standard InChI is InChI=1S/C7H9NO5/c9-7(13-12)5-3-1-2-4-6(5)8(10)11/h12H,1-4H2. The Morgan fingerprint density at radius 1 is 1.46 bits per heavy atom. The molecule has 6 nitrogen and oxygen atoms in total. The summed E-state index contributed by atoms with van der Waals surface area (Å²) in [6.07, 6.45) is 1.97. The van der Waals surface area contributed by atoms with E-state index in [1.54, 1.807) is 0 Å². The summed E-state index contributed by atoms with van der Waals surface area (Å²) in [5.41, 5.74) is -0.149. The van der Waals surface area contributed by atoms with Crippen molar-refractivity contribution in [2.75, 3.05) is 0 Å². The Kier molecular flexibility index (Phi) is 2.97. The van der Waals surface area contributed by atoms with Crippen LogP contribution < -0.4 is 0 Å². The number of rotatable bonds is 2. The molecule has 0 heterocycles. The number of hydrogen-bond acceptors (Lipinski definition) is 5. The molecule has 0 radical (unpaired) electrons. The monoisotopic (exact) mass is 187 g/mol. The molecule has 0 saturated heterocycles. The van der Waals surface area contributed by atoms with Crippen molar-refractivity contribution in [2.24, 2.45) is 0 Å². The number of nitrogens with zero attached hydrogens (tertiary/aromatic N) is 1. The predicted molar refractivity (Wildman–Crippen MR) is 41.2 cm³/mol. The van der Waals surface area contributed by atoms with Crippen LogP contribution in [0.1, 0.15) is 25.7 Å². The summed E-state index contributed by atoms with van der Waals surface area (Å²) in [4.78, 5) is 24.2. The summed E-state index contributed by atoms with van der Waals surface area (Å²) in [7, 11) is 0. The van der Waals surface area contributed by atoms with E-state index in [1.807, 2.05) is 0 Å². The van der Waals surface area contributed by atoms with Crippen LogP contribution in [0.4, 0.5) is 0 Å². The molecule has 0 fully saturated rings. The fourth-order valence-electron chi connectivity index (χ4n) is 1.37. The van der Waals surface area contributed by atoms with Crippen LogP contribution in [-0.4, -0.2) is 16.1 Å². The first-order valence-corrected chi connectivity index (χ1v) is 3.89.